The van der Waals surface area contributed by atoms with Crippen molar-refractivity contribution in [3.8, 4) is 0 Å². The van der Waals surface area contributed by atoms with Gasteiger partial charge < -0.3 is 4.74 Å². The van der Waals surface area contributed by atoms with E-state index in [0.717, 1.165) is 13.8 Å². The summed E-state index contributed by atoms with van der Waals surface area (Å²) in [5, 5.41) is 0. The van der Waals surface area contributed by atoms with Gasteiger partial charge >= 0.3 is 0 Å². The molecule has 0 fully saturated rings. The Kier molecular flexibility index (Phi) is 4.43. The molecule has 0 aliphatic heterocycles. The molecule has 0 saturated heterocycles. The summed E-state index contributed by atoms with van der Waals surface area (Å²) in [5.74, 6) is -3.15. The molecule has 0 aliphatic rings. The van der Waals surface area contributed by atoms with Crippen LogP contribution >= 0.6 is 0 Å². The molecule has 0 atom stereocenters. The standard InChI is InChI=1S/C11H17F3O/c1-8(2)9(3)15-7-6-11(13,14)10(4,5)12/h1,3,6-7H2,2,4-5H3. The predicted octanol–water partition coefficient (Wildman–Crippen LogP) is 3.87. The van der Waals surface area contributed by atoms with Crippen LogP contribution in [-0.4, -0.2) is 18.2 Å². The van der Waals surface area contributed by atoms with Gasteiger partial charge in [-0.15, -0.1) is 0 Å². The van der Waals surface area contributed by atoms with Crippen molar-refractivity contribution in [2.24, 2.45) is 0 Å². The fraction of sp³-hybridized carbons (Fsp3) is 0.636. The van der Waals surface area contributed by atoms with Gasteiger partial charge in [-0.1, -0.05) is 13.2 Å². The van der Waals surface area contributed by atoms with Crippen molar-refractivity contribution in [3.63, 3.8) is 0 Å². The van der Waals surface area contributed by atoms with E-state index in [4.69, 9.17) is 4.74 Å². The summed E-state index contributed by atoms with van der Waals surface area (Å²) in [4.78, 5) is 0. The molecular weight excluding hydrogens is 205 g/mol. The zero-order valence-electron chi connectivity index (χ0n) is 9.37. The molecule has 0 aromatic heterocycles. The minimum Gasteiger partial charge on any atom is -0.494 e. The van der Waals surface area contributed by atoms with Gasteiger partial charge in [0.15, 0.2) is 5.67 Å². The number of allylic oxidation sites excluding steroid dienone is 1. The third kappa shape index (κ3) is 4.40. The molecule has 0 amide bonds. The van der Waals surface area contributed by atoms with Gasteiger partial charge in [0.2, 0.25) is 0 Å². The molecule has 4 heteroatoms. The van der Waals surface area contributed by atoms with Crippen molar-refractivity contribution in [1.82, 2.24) is 0 Å². The van der Waals surface area contributed by atoms with E-state index >= 15 is 0 Å². The minimum atomic E-state index is -3.40. The molecule has 0 radical (unpaired) electrons. The first-order valence-electron chi connectivity index (χ1n) is 4.62. The number of halogens is 3. The van der Waals surface area contributed by atoms with E-state index in [1.54, 1.807) is 6.92 Å². The van der Waals surface area contributed by atoms with E-state index in [1.807, 2.05) is 0 Å². The van der Waals surface area contributed by atoms with Crippen molar-refractivity contribution in [2.45, 2.75) is 38.8 Å². The zero-order valence-corrected chi connectivity index (χ0v) is 9.37. The Morgan fingerprint density at radius 2 is 1.67 bits per heavy atom. The van der Waals surface area contributed by atoms with Crippen LogP contribution in [0.4, 0.5) is 13.2 Å². The fourth-order valence-electron chi connectivity index (χ4n) is 0.723. The zero-order chi connectivity index (χ0) is 12.3. The molecule has 0 heterocycles. The largest absolute Gasteiger partial charge is 0.494 e. The molecule has 1 nitrogen and oxygen atoms in total. The Hall–Kier alpha value is -0.930. The van der Waals surface area contributed by atoms with E-state index in [2.05, 4.69) is 13.2 Å². The van der Waals surface area contributed by atoms with Crippen LogP contribution < -0.4 is 0 Å². The molecule has 0 aromatic carbocycles. The first-order chi connectivity index (χ1) is 6.58. The van der Waals surface area contributed by atoms with Gasteiger partial charge in [0.1, 0.15) is 5.76 Å². The van der Waals surface area contributed by atoms with Crippen molar-refractivity contribution in [3.05, 3.63) is 24.5 Å². The quantitative estimate of drug-likeness (QED) is 0.489. The van der Waals surface area contributed by atoms with Crippen molar-refractivity contribution in [2.75, 3.05) is 6.61 Å². The first-order valence-corrected chi connectivity index (χ1v) is 4.62. The predicted molar refractivity (Wildman–Crippen MR) is 54.7 cm³/mol. The molecule has 88 valence electrons. The molecule has 0 spiro atoms. The van der Waals surface area contributed by atoms with E-state index in [-0.39, 0.29) is 12.4 Å². The second-order valence-electron chi connectivity index (χ2n) is 3.98. The lowest BCUT2D eigenvalue weighted by atomic mass is 10.0. The molecule has 0 bridgehead atoms. The van der Waals surface area contributed by atoms with Crippen LogP contribution in [0.25, 0.3) is 0 Å². The lowest BCUT2D eigenvalue weighted by Gasteiger charge is -2.26. The molecule has 0 aromatic rings. The second-order valence-corrected chi connectivity index (χ2v) is 3.98. The Bertz CT molecular complexity index is 251. The van der Waals surface area contributed by atoms with Gasteiger partial charge in [0.25, 0.3) is 5.92 Å². The highest BCUT2D eigenvalue weighted by atomic mass is 19.3. The highest BCUT2D eigenvalue weighted by molar-refractivity contribution is 5.15. The smallest absolute Gasteiger partial charge is 0.284 e. The number of alkyl halides is 3. The summed E-state index contributed by atoms with van der Waals surface area (Å²) in [5.41, 5.74) is -1.97. The Morgan fingerprint density at radius 1 is 1.20 bits per heavy atom. The lowest BCUT2D eigenvalue weighted by molar-refractivity contribution is -0.132. The summed E-state index contributed by atoms with van der Waals surface area (Å²) in [7, 11) is 0. The summed E-state index contributed by atoms with van der Waals surface area (Å²) in [6.07, 6.45) is -0.678. The molecule has 0 aliphatic carbocycles. The highest BCUT2D eigenvalue weighted by Gasteiger charge is 2.46. The van der Waals surface area contributed by atoms with Crippen LogP contribution in [0, 0.1) is 0 Å². The lowest BCUT2D eigenvalue weighted by Crippen LogP contribution is -2.39. The summed E-state index contributed by atoms with van der Waals surface area (Å²) in [6, 6.07) is 0. The fourth-order valence-corrected chi connectivity index (χ4v) is 0.723. The van der Waals surface area contributed by atoms with Crippen LogP contribution in [-0.2, 0) is 4.74 Å². The van der Waals surface area contributed by atoms with Crippen molar-refractivity contribution in [1.29, 1.82) is 0 Å². The topological polar surface area (TPSA) is 9.23 Å². The molecular formula is C11H17F3O. The van der Waals surface area contributed by atoms with Gasteiger partial charge in [-0.05, 0) is 26.3 Å². The van der Waals surface area contributed by atoms with Gasteiger partial charge in [-0.25, -0.2) is 13.2 Å². The SMILES string of the molecule is C=C(C)C(=C)OCCC(F)(F)C(C)(C)F. The van der Waals surface area contributed by atoms with Gasteiger partial charge in [-0.2, -0.15) is 0 Å². The van der Waals surface area contributed by atoms with Crippen LogP contribution in [0.15, 0.2) is 24.5 Å². The monoisotopic (exact) mass is 222 g/mol. The molecule has 0 rings (SSSR count). The summed E-state index contributed by atoms with van der Waals surface area (Å²) in [6.45, 7) is 10.1. The van der Waals surface area contributed by atoms with Crippen molar-refractivity contribution >= 4 is 0 Å². The first kappa shape index (κ1) is 14.1. The van der Waals surface area contributed by atoms with E-state index in [9.17, 15) is 13.2 Å². The van der Waals surface area contributed by atoms with Crippen LogP contribution in [0.3, 0.4) is 0 Å². The number of hydrogen-bond donors (Lipinski definition) is 0. The molecule has 15 heavy (non-hydrogen) atoms. The minimum absolute atomic E-state index is 0.252. The second kappa shape index (κ2) is 4.73. The maximum atomic E-state index is 13.1. The summed E-state index contributed by atoms with van der Waals surface area (Å²) < 4.78 is 44.0. The molecule has 0 saturated carbocycles. The maximum absolute atomic E-state index is 13.1. The third-order valence-electron chi connectivity index (χ3n) is 2.04. The Labute approximate surface area is 88.6 Å². The Balaban J connectivity index is 4.07. The average Bonchev–Trinajstić information content (AvgIpc) is 2.01. The van der Waals surface area contributed by atoms with Gasteiger partial charge in [0.05, 0.1) is 6.61 Å². The number of ether oxygens (including phenoxy) is 1. The van der Waals surface area contributed by atoms with Crippen LogP contribution in [0.2, 0.25) is 0 Å². The normalized spacial score (nSPS) is 12.4. The third-order valence-corrected chi connectivity index (χ3v) is 2.04. The van der Waals surface area contributed by atoms with E-state index in [0.29, 0.717) is 5.57 Å². The molecule has 0 unspecified atom stereocenters. The van der Waals surface area contributed by atoms with E-state index < -0.39 is 18.0 Å². The molecule has 0 N–H and O–H groups in total. The van der Waals surface area contributed by atoms with Gasteiger partial charge in [-0.3, -0.25) is 0 Å². The van der Waals surface area contributed by atoms with Crippen LogP contribution in [0.1, 0.15) is 27.2 Å². The van der Waals surface area contributed by atoms with Crippen molar-refractivity contribution < 1.29 is 17.9 Å². The van der Waals surface area contributed by atoms with Gasteiger partial charge in [0, 0.05) is 6.42 Å². The van der Waals surface area contributed by atoms with Crippen LogP contribution in [0.5, 0.6) is 0 Å². The number of rotatable bonds is 6. The Morgan fingerprint density at radius 3 is 2.00 bits per heavy atom. The number of hydrogen-bond acceptors (Lipinski definition) is 1. The highest BCUT2D eigenvalue weighted by Crippen LogP contribution is 2.34. The van der Waals surface area contributed by atoms with E-state index in [1.165, 1.54) is 0 Å². The average molecular weight is 222 g/mol. The maximum Gasteiger partial charge on any atom is 0.284 e. The summed E-state index contributed by atoms with van der Waals surface area (Å²) >= 11 is 0.